The number of thioether (sulfide) groups is 1. The second-order valence-electron chi connectivity index (χ2n) is 8.17. The average molecular weight is 454 g/mol. The van der Waals surface area contributed by atoms with Gasteiger partial charge in [0, 0.05) is 29.4 Å². The first-order valence-electron chi connectivity index (χ1n) is 11.0. The van der Waals surface area contributed by atoms with Gasteiger partial charge in [0.1, 0.15) is 5.75 Å². The fourth-order valence-corrected chi connectivity index (χ4v) is 5.32. The van der Waals surface area contributed by atoms with E-state index < -0.39 is 18.2 Å². The molecular weight excluding hydrogens is 418 g/mol. The maximum atomic E-state index is 10.6. The van der Waals surface area contributed by atoms with Gasteiger partial charge in [-0.1, -0.05) is 36.6 Å². The zero-order valence-corrected chi connectivity index (χ0v) is 19.0. The summed E-state index contributed by atoms with van der Waals surface area (Å²) in [6.45, 7) is 0. The lowest BCUT2D eigenvalue weighted by molar-refractivity contribution is -0.137. The number of unbranched alkanes of at least 4 members (excludes halogenated alkanes) is 3. The van der Waals surface area contributed by atoms with Crippen LogP contribution in [0.5, 0.6) is 5.75 Å². The molecule has 1 aliphatic carbocycles. The lowest BCUT2D eigenvalue weighted by Gasteiger charge is -2.23. The smallest absolute Gasteiger partial charge is 0.303 e. The third-order valence-electron chi connectivity index (χ3n) is 5.98. The summed E-state index contributed by atoms with van der Waals surface area (Å²) in [4.78, 5) is 11.6. The van der Waals surface area contributed by atoms with Gasteiger partial charge in [-0.25, -0.2) is 0 Å². The SMILES string of the molecule is COc1ccccc1SC[C@H](O)CCC1/C(=N\O)C[C@H](O)[C@@H]1CCCCCCC(=O)O. The van der Waals surface area contributed by atoms with Crippen molar-refractivity contribution in [1.29, 1.82) is 0 Å². The molecule has 0 bridgehead atoms. The standard InChI is InChI=1S/C23H35NO6S/c1-30-21-9-6-7-10-22(21)31-15-16(25)12-13-17-18(20(26)14-19(17)24-29)8-4-2-3-5-11-23(27)28/h6-7,9-10,16-18,20,25-26,29H,2-5,8,11-15H2,1H3,(H,27,28)/b24-19-/t16-,17?,18-,20+/m1/s1. The minimum Gasteiger partial charge on any atom is -0.496 e. The van der Waals surface area contributed by atoms with Crippen molar-refractivity contribution >= 4 is 23.4 Å². The summed E-state index contributed by atoms with van der Waals surface area (Å²) in [5.74, 6) is 0.536. The molecule has 1 aromatic rings. The number of rotatable bonds is 14. The number of hydrogen-bond acceptors (Lipinski definition) is 7. The zero-order chi connectivity index (χ0) is 22.6. The molecule has 1 unspecified atom stereocenters. The molecule has 0 saturated heterocycles. The molecular formula is C23H35NO6S. The number of nitrogens with zero attached hydrogens (tertiary/aromatic N) is 1. The Morgan fingerprint density at radius 3 is 2.68 bits per heavy atom. The minimum atomic E-state index is -0.766. The predicted octanol–water partition coefficient (Wildman–Crippen LogP) is 4.18. The van der Waals surface area contributed by atoms with Gasteiger partial charge in [-0.2, -0.15) is 0 Å². The van der Waals surface area contributed by atoms with Crippen LogP contribution in [0, 0.1) is 11.8 Å². The summed E-state index contributed by atoms with van der Waals surface area (Å²) in [5.41, 5.74) is 0.618. The molecule has 8 heteroatoms. The van der Waals surface area contributed by atoms with Crippen LogP contribution in [0.25, 0.3) is 0 Å². The molecule has 1 fully saturated rings. The van der Waals surface area contributed by atoms with Gasteiger partial charge in [0.05, 0.1) is 25.0 Å². The molecule has 1 aromatic carbocycles. The van der Waals surface area contributed by atoms with Crippen molar-refractivity contribution in [3.05, 3.63) is 24.3 Å². The summed E-state index contributed by atoms with van der Waals surface area (Å²) in [6.07, 6.45) is 4.92. The normalized spacial score (nSPS) is 23.2. The Morgan fingerprint density at radius 2 is 1.97 bits per heavy atom. The maximum absolute atomic E-state index is 10.6. The second kappa shape index (κ2) is 13.6. The zero-order valence-electron chi connectivity index (χ0n) is 18.2. The summed E-state index contributed by atoms with van der Waals surface area (Å²) in [7, 11) is 1.63. The number of aliphatic hydroxyl groups is 2. The number of para-hydroxylation sites is 1. The van der Waals surface area contributed by atoms with E-state index in [1.165, 1.54) is 0 Å². The number of hydrogen-bond donors (Lipinski definition) is 4. The molecule has 0 spiro atoms. The number of oxime groups is 1. The van der Waals surface area contributed by atoms with Crippen LogP contribution in [0.4, 0.5) is 0 Å². The van der Waals surface area contributed by atoms with E-state index in [2.05, 4.69) is 5.16 Å². The Morgan fingerprint density at radius 1 is 1.23 bits per heavy atom. The molecule has 31 heavy (non-hydrogen) atoms. The molecule has 2 rings (SSSR count). The second-order valence-corrected chi connectivity index (χ2v) is 9.23. The Balaban J connectivity index is 1.80. The van der Waals surface area contributed by atoms with Crippen LogP contribution in [0.1, 0.15) is 57.8 Å². The molecule has 1 aliphatic rings. The first-order valence-corrected chi connectivity index (χ1v) is 12.0. The van der Waals surface area contributed by atoms with E-state index >= 15 is 0 Å². The van der Waals surface area contributed by atoms with Gasteiger partial charge in [0.25, 0.3) is 0 Å². The molecule has 174 valence electrons. The number of carboxylic acids is 1. The highest BCUT2D eigenvalue weighted by atomic mass is 32.2. The summed E-state index contributed by atoms with van der Waals surface area (Å²) < 4.78 is 5.34. The fraction of sp³-hybridized carbons (Fsp3) is 0.652. The highest BCUT2D eigenvalue weighted by molar-refractivity contribution is 7.99. The van der Waals surface area contributed by atoms with Gasteiger partial charge < -0.3 is 25.3 Å². The number of methoxy groups -OCH3 is 1. The van der Waals surface area contributed by atoms with E-state index in [1.807, 2.05) is 24.3 Å². The van der Waals surface area contributed by atoms with Gasteiger partial charge in [-0.15, -0.1) is 11.8 Å². The molecule has 1 saturated carbocycles. The van der Waals surface area contributed by atoms with Gasteiger partial charge in [0.15, 0.2) is 0 Å². The van der Waals surface area contributed by atoms with Crippen molar-refractivity contribution in [3.63, 3.8) is 0 Å². The third-order valence-corrected chi connectivity index (χ3v) is 7.17. The molecule has 7 nitrogen and oxygen atoms in total. The number of carbonyl (C=O) groups is 1. The average Bonchev–Trinajstić information content (AvgIpc) is 3.07. The topological polar surface area (TPSA) is 120 Å². The highest BCUT2D eigenvalue weighted by Gasteiger charge is 2.39. The summed E-state index contributed by atoms with van der Waals surface area (Å²) >= 11 is 1.55. The van der Waals surface area contributed by atoms with Gasteiger partial charge in [-0.05, 0) is 43.7 Å². The quantitative estimate of drug-likeness (QED) is 0.144. The van der Waals surface area contributed by atoms with E-state index in [9.17, 15) is 20.2 Å². The van der Waals surface area contributed by atoms with E-state index in [0.717, 1.165) is 36.3 Å². The van der Waals surface area contributed by atoms with Crippen LogP contribution in [0.2, 0.25) is 0 Å². The number of ether oxygens (including phenoxy) is 1. The molecule has 0 amide bonds. The molecule has 0 aromatic heterocycles. The van der Waals surface area contributed by atoms with Gasteiger partial charge in [0.2, 0.25) is 0 Å². The van der Waals surface area contributed by atoms with Crippen molar-refractivity contribution in [1.82, 2.24) is 0 Å². The fourth-order valence-electron chi connectivity index (χ4n) is 4.31. The van der Waals surface area contributed by atoms with Crippen LogP contribution in [0.3, 0.4) is 0 Å². The monoisotopic (exact) mass is 453 g/mol. The summed E-state index contributed by atoms with van der Waals surface area (Å²) in [6, 6.07) is 7.71. The van der Waals surface area contributed by atoms with Crippen molar-refractivity contribution in [3.8, 4) is 5.75 Å². The Kier molecular flexibility index (Phi) is 11.2. The molecule has 0 heterocycles. The minimum absolute atomic E-state index is 0.0134. The number of aliphatic carboxylic acids is 1. The van der Waals surface area contributed by atoms with E-state index in [-0.39, 0.29) is 18.3 Å². The largest absolute Gasteiger partial charge is 0.496 e. The van der Waals surface area contributed by atoms with Crippen molar-refractivity contribution in [2.75, 3.05) is 12.9 Å². The van der Waals surface area contributed by atoms with Gasteiger partial charge >= 0.3 is 5.97 Å². The highest BCUT2D eigenvalue weighted by Crippen LogP contribution is 2.38. The summed E-state index contributed by atoms with van der Waals surface area (Å²) in [5, 5.41) is 42.5. The lowest BCUT2D eigenvalue weighted by atomic mass is 9.85. The van der Waals surface area contributed by atoms with Crippen LogP contribution < -0.4 is 4.74 Å². The molecule has 4 atom stereocenters. The number of carboxylic acid groups (broad SMARTS) is 1. The maximum Gasteiger partial charge on any atom is 0.303 e. The Bertz CT molecular complexity index is 713. The van der Waals surface area contributed by atoms with E-state index in [4.69, 9.17) is 9.84 Å². The van der Waals surface area contributed by atoms with Crippen LogP contribution >= 0.6 is 11.8 Å². The van der Waals surface area contributed by atoms with Crippen molar-refractivity contribution in [2.45, 2.75) is 74.9 Å². The molecule has 4 N–H and O–H groups in total. The van der Waals surface area contributed by atoms with E-state index in [1.54, 1.807) is 18.9 Å². The third kappa shape index (κ3) is 8.35. The number of aliphatic hydroxyl groups excluding tert-OH is 2. The predicted molar refractivity (Wildman–Crippen MR) is 121 cm³/mol. The molecule has 0 aliphatic heterocycles. The van der Waals surface area contributed by atoms with Crippen LogP contribution in [-0.4, -0.2) is 57.3 Å². The lowest BCUT2D eigenvalue weighted by Crippen LogP contribution is -2.23. The van der Waals surface area contributed by atoms with Crippen LogP contribution in [-0.2, 0) is 4.79 Å². The van der Waals surface area contributed by atoms with E-state index in [0.29, 0.717) is 37.1 Å². The first kappa shape index (κ1) is 25.5. The number of benzene rings is 1. The Labute approximate surface area is 188 Å². The van der Waals surface area contributed by atoms with Crippen molar-refractivity contribution < 1.29 is 30.1 Å². The van der Waals surface area contributed by atoms with Crippen molar-refractivity contribution in [2.24, 2.45) is 17.0 Å². The van der Waals surface area contributed by atoms with Gasteiger partial charge in [-0.3, -0.25) is 4.79 Å². The first-order chi connectivity index (χ1) is 15.0. The Hall–Kier alpha value is -1.77. The molecule has 0 radical (unpaired) electrons. The van der Waals surface area contributed by atoms with Crippen LogP contribution in [0.15, 0.2) is 34.3 Å².